The minimum Gasteiger partial charge on any atom is -0.371 e. The van der Waals surface area contributed by atoms with Crippen molar-refractivity contribution in [3.63, 3.8) is 0 Å². The molecule has 86 valence electrons. The first-order chi connectivity index (χ1) is 7.69. The molecule has 0 amide bonds. The average molecular weight is 257 g/mol. The lowest BCUT2D eigenvalue weighted by Gasteiger charge is -2.39. The largest absolute Gasteiger partial charge is 0.371 e. The molecule has 2 saturated heterocycles. The van der Waals surface area contributed by atoms with Gasteiger partial charge in [0.1, 0.15) is 0 Å². The van der Waals surface area contributed by atoms with Gasteiger partial charge in [-0.3, -0.25) is 0 Å². The van der Waals surface area contributed by atoms with Crippen molar-refractivity contribution in [1.29, 1.82) is 0 Å². The Morgan fingerprint density at radius 2 is 2.00 bits per heavy atom. The van der Waals surface area contributed by atoms with E-state index in [1.165, 1.54) is 12.1 Å². The summed E-state index contributed by atoms with van der Waals surface area (Å²) in [6.07, 6.45) is 1.28. The fourth-order valence-electron chi connectivity index (χ4n) is 2.60. The van der Waals surface area contributed by atoms with E-state index in [2.05, 4.69) is 16.3 Å². The number of hydrogen-bond acceptors (Lipinski definition) is 2. The van der Waals surface area contributed by atoms with Crippen LogP contribution in [0.25, 0.3) is 0 Å². The molecule has 3 rings (SSSR count). The number of nitrogens with one attached hydrogen (secondary N) is 1. The molecule has 2 fully saturated rings. The van der Waals surface area contributed by atoms with Crippen LogP contribution in [0.1, 0.15) is 6.42 Å². The van der Waals surface area contributed by atoms with E-state index < -0.39 is 0 Å². The summed E-state index contributed by atoms with van der Waals surface area (Å²) in [5.41, 5.74) is 1.71. The van der Waals surface area contributed by atoms with Crippen molar-refractivity contribution in [2.45, 2.75) is 6.42 Å². The molecular weight excluding hydrogens is 243 g/mol. The molecule has 4 heteroatoms. The summed E-state index contributed by atoms with van der Waals surface area (Å²) in [5.74, 6) is 0. The second-order valence-electron chi connectivity index (χ2n) is 4.87. The Kier molecular flexibility index (Phi) is 2.54. The molecule has 1 spiro atoms. The van der Waals surface area contributed by atoms with Gasteiger partial charge in [0.2, 0.25) is 0 Å². The minimum atomic E-state index is 0.520. The van der Waals surface area contributed by atoms with Crippen molar-refractivity contribution < 1.29 is 0 Å². The molecule has 0 unspecified atom stereocenters. The Hall–Kier alpha value is -0.440. The van der Waals surface area contributed by atoms with Crippen LogP contribution in [-0.4, -0.2) is 26.2 Å². The number of nitrogens with zero attached hydrogens (tertiary/aromatic N) is 1. The highest BCUT2D eigenvalue weighted by molar-refractivity contribution is 6.42. The number of anilines is 1. The summed E-state index contributed by atoms with van der Waals surface area (Å²) in [5, 5.41) is 4.64. The Labute approximate surface area is 106 Å². The highest BCUT2D eigenvalue weighted by atomic mass is 35.5. The minimum absolute atomic E-state index is 0.520. The van der Waals surface area contributed by atoms with Crippen molar-refractivity contribution in [1.82, 2.24) is 5.32 Å². The van der Waals surface area contributed by atoms with Gasteiger partial charge in [-0.05, 0) is 24.6 Å². The third-order valence-electron chi connectivity index (χ3n) is 3.71. The predicted octanol–water partition coefficient (Wildman–Crippen LogP) is 2.79. The van der Waals surface area contributed by atoms with Crippen LogP contribution >= 0.6 is 23.2 Å². The Morgan fingerprint density at radius 1 is 1.19 bits per heavy atom. The van der Waals surface area contributed by atoms with Crippen LogP contribution in [0, 0.1) is 5.41 Å². The molecule has 2 heterocycles. The van der Waals surface area contributed by atoms with Crippen molar-refractivity contribution >= 4 is 28.9 Å². The molecule has 0 atom stereocenters. The van der Waals surface area contributed by atoms with Crippen LogP contribution in [0.3, 0.4) is 0 Å². The van der Waals surface area contributed by atoms with Gasteiger partial charge in [-0.2, -0.15) is 0 Å². The number of rotatable bonds is 1. The van der Waals surface area contributed by atoms with Gasteiger partial charge in [0.05, 0.1) is 10.0 Å². The van der Waals surface area contributed by atoms with E-state index in [9.17, 15) is 0 Å². The van der Waals surface area contributed by atoms with Gasteiger partial charge < -0.3 is 10.2 Å². The Morgan fingerprint density at radius 3 is 2.56 bits per heavy atom. The van der Waals surface area contributed by atoms with E-state index in [1.54, 1.807) is 0 Å². The van der Waals surface area contributed by atoms with Gasteiger partial charge in [-0.1, -0.05) is 23.2 Å². The average Bonchev–Trinajstić information content (AvgIpc) is 2.66. The molecule has 0 aliphatic carbocycles. The summed E-state index contributed by atoms with van der Waals surface area (Å²) in [4.78, 5) is 2.41. The van der Waals surface area contributed by atoms with E-state index in [0.29, 0.717) is 15.5 Å². The predicted molar refractivity (Wildman–Crippen MR) is 68.6 cm³/mol. The maximum absolute atomic E-state index is 6.04. The van der Waals surface area contributed by atoms with Crippen LogP contribution in [0.4, 0.5) is 5.69 Å². The first kappa shape index (κ1) is 10.7. The number of halogens is 2. The third-order valence-corrected chi connectivity index (χ3v) is 4.45. The lowest BCUT2D eigenvalue weighted by molar-refractivity contribution is 0.200. The summed E-state index contributed by atoms with van der Waals surface area (Å²) >= 11 is 12.0. The molecule has 2 aliphatic rings. The zero-order valence-electron chi connectivity index (χ0n) is 8.97. The maximum atomic E-state index is 6.04. The fourth-order valence-corrected chi connectivity index (χ4v) is 2.90. The summed E-state index contributed by atoms with van der Waals surface area (Å²) in [6.45, 7) is 4.58. The van der Waals surface area contributed by atoms with Gasteiger partial charge in [0.15, 0.2) is 0 Å². The molecule has 0 radical (unpaired) electrons. The first-order valence-electron chi connectivity index (χ1n) is 5.59. The standard InChI is InChI=1S/C12H14Cl2N2/c13-10-2-1-9(5-11(10)14)16-4-3-12(8-16)6-15-7-12/h1-2,5,15H,3-4,6-8H2. The molecule has 0 saturated carbocycles. The molecule has 0 aromatic heterocycles. The van der Waals surface area contributed by atoms with Crippen LogP contribution in [0.2, 0.25) is 10.0 Å². The monoisotopic (exact) mass is 256 g/mol. The lowest BCUT2D eigenvalue weighted by atomic mass is 9.81. The zero-order valence-corrected chi connectivity index (χ0v) is 10.5. The highest BCUT2D eigenvalue weighted by Gasteiger charge is 2.42. The zero-order chi connectivity index (χ0) is 11.2. The van der Waals surface area contributed by atoms with Crippen LogP contribution in [-0.2, 0) is 0 Å². The first-order valence-corrected chi connectivity index (χ1v) is 6.35. The molecule has 2 nitrogen and oxygen atoms in total. The van der Waals surface area contributed by atoms with E-state index in [0.717, 1.165) is 26.2 Å². The van der Waals surface area contributed by atoms with Gasteiger partial charge in [0.25, 0.3) is 0 Å². The SMILES string of the molecule is Clc1ccc(N2CCC3(CNC3)C2)cc1Cl. The van der Waals surface area contributed by atoms with E-state index >= 15 is 0 Å². The maximum Gasteiger partial charge on any atom is 0.0612 e. The second-order valence-corrected chi connectivity index (χ2v) is 5.69. The number of benzene rings is 1. The lowest BCUT2D eigenvalue weighted by Crippen LogP contribution is -2.54. The van der Waals surface area contributed by atoms with Crippen molar-refractivity contribution in [3.05, 3.63) is 28.2 Å². The summed E-state index contributed by atoms with van der Waals surface area (Å²) < 4.78 is 0. The fraction of sp³-hybridized carbons (Fsp3) is 0.500. The van der Waals surface area contributed by atoms with E-state index in [-0.39, 0.29) is 0 Å². The number of hydrogen-bond donors (Lipinski definition) is 1. The molecular formula is C12H14Cl2N2. The molecule has 0 bridgehead atoms. The van der Waals surface area contributed by atoms with Gasteiger partial charge >= 0.3 is 0 Å². The molecule has 2 aliphatic heterocycles. The van der Waals surface area contributed by atoms with Crippen molar-refractivity contribution in [2.75, 3.05) is 31.1 Å². The van der Waals surface area contributed by atoms with Gasteiger partial charge in [0, 0.05) is 37.3 Å². The Balaban J connectivity index is 1.80. The van der Waals surface area contributed by atoms with Crippen molar-refractivity contribution in [2.24, 2.45) is 5.41 Å². The van der Waals surface area contributed by atoms with Crippen LogP contribution in [0.15, 0.2) is 18.2 Å². The van der Waals surface area contributed by atoms with E-state index in [4.69, 9.17) is 23.2 Å². The molecule has 16 heavy (non-hydrogen) atoms. The molecule has 1 aromatic rings. The quantitative estimate of drug-likeness (QED) is 0.832. The topological polar surface area (TPSA) is 15.3 Å². The molecule has 1 aromatic carbocycles. The van der Waals surface area contributed by atoms with Gasteiger partial charge in [-0.15, -0.1) is 0 Å². The van der Waals surface area contributed by atoms with Crippen LogP contribution < -0.4 is 10.2 Å². The summed E-state index contributed by atoms with van der Waals surface area (Å²) in [7, 11) is 0. The highest BCUT2D eigenvalue weighted by Crippen LogP contribution is 2.37. The summed E-state index contributed by atoms with van der Waals surface area (Å²) in [6, 6.07) is 5.90. The molecule has 1 N–H and O–H groups in total. The normalized spacial score (nSPS) is 22.5. The second kappa shape index (κ2) is 3.80. The van der Waals surface area contributed by atoms with Gasteiger partial charge in [-0.25, -0.2) is 0 Å². The smallest absolute Gasteiger partial charge is 0.0612 e. The van der Waals surface area contributed by atoms with E-state index in [1.807, 2.05) is 12.1 Å². The van der Waals surface area contributed by atoms with Crippen molar-refractivity contribution in [3.8, 4) is 0 Å². The van der Waals surface area contributed by atoms with Crippen LogP contribution in [0.5, 0.6) is 0 Å². The third kappa shape index (κ3) is 1.69. The Bertz CT molecular complexity index is 415.